The lowest BCUT2D eigenvalue weighted by Crippen LogP contribution is -2.38. The van der Waals surface area contributed by atoms with Crippen LogP contribution in [-0.2, 0) is 6.54 Å². The van der Waals surface area contributed by atoms with Crippen molar-refractivity contribution < 1.29 is 8.78 Å². The lowest BCUT2D eigenvalue weighted by Gasteiger charge is -2.12. The molecule has 6 heteroatoms. The molecular weight excluding hydrogens is 298 g/mol. The molecule has 23 heavy (non-hydrogen) atoms. The number of hydrogen-bond donors (Lipinski definition) is 2. The van der Waals surface area contributed by atoms with Crippen LogP contribution in [0.4, 0.5) is 8.78 Å². The summed E-state index contributed by atoms with van der Waals surface area (Å²) in [6.45, 7) is 0.534. The first-order valence-corrected chi connectivity index (χ1v) is 7.50. The Kier molecular flexibility index (Phi) is 4.50. The summed E-state index contributed by atoms with van der Waals surface area (Å²) in [5.41, 5.74) is 1.05. The highest BCUT2D eigenvalue weighted by molar-refractivity contribution is 5.80. The summed E-state index contributed by atoms with van der Waals surface area (Å²) < 4.78 is 27.6. The van der Waals surface area contributed by atoms with Crippen LogP contribution in [0.25, 0.3) is 0 Å². The fraction of sp³-hybridized carbons (Fsp3) is 0.294. The molecule has 2 unspecified atom stereocenters. The number of aromatic nitrogens is 1. The minimum atomic E-state index is -0.490. The largest absolute Gasteiger partial charge is 0.353 e. The second kappa shape index (κ2) is 6.73. The zero-order chi connectivity index (χ0) is 16.2. The van der Waals surface area contributed by atoms with Gasteiger partial charge in [-0.3, -0.25) is 9.98 Å². The molecule has 2 aromatic rings. The first-order valence-electron chi connectivity index (χ1n) is 7.50. The van der Waals surface area contributed by atoms with Crippen molar-refractivity contribution in [2.24, 2.45) is 4.99 Å². The number of halogens is 2. The van der Waals surface area contributed by atoms with Gasteiger partial charge in [0.05, 0.1) is 12.2 Å². The SMILES string of the molecule is CN=C(NCc1ccccn1)NC1CC1c1c(F)cccc1F. The Balaban J connectivity index is 1.57. The first-order chi connectivity index (χ1) is 11.2. The molecule has 0 radical (unpaired) electrons. The maximum absolute atomic E-state index is 13.8. The van der Waals surface area contributed by atoms with E-state index in [0.717, 1.165) is 5.69 Å². The third-order valence-electron chi connectivity index (χ3n) is 3.87. The average Bonchev–Trinajstić information content (AvgIpc) is 3.31. The molecular formula is C17H18F2N4. The Morgan fingerprint density at radius 3 is 2.65 bits per heavy atom. The molecule has 2 N–H and O–H groups in total. The van der Waals surface area contributed by atoms with Gasteiger partial charge in [0.2, 0.25) is 0 Å². The van der Waals surface area contributed by atoms with Crippen LogP contribution < -0.4 is 10.6 Å². The second-order valence-electron chi connectivity index (χ2n) is 5.48. The highest BCUT2D eigenvalue weighted by Gasteiger charge is 2.42. The quantitative estimate of drug-likeness (QED) is 0.673. The van der Waals surface area contributed by atoms with Gasteiger partial charge in [-0.15, -0.1) is 0 Å². The van der Waals surface area contributed by atoms with Crippen LogP contribution in [0.5, 0.6) is 0 Å². The van der Waals surface area contributed by atoms with E-state index in [-0.39, 0.29) is 17.5 Å². The third-order valence-corrected chi connectivity index (χ3v) is 3.87. The van der Waals surface area contributed by atoms with Crippen LogP contribution in [0, 0.1) is 11.6 Å². The molecule has 0 bridgehead atoms. The van der Waals surface area contributed by atoms with E-state index in [1.807, 2.05) is 18.2 Å². The highest BCUT2D eigenvalue weighted by Crippen LogP contribution is 2.42. The first kappa shape index (κ1) is 15.4. The predicted molar refractivity (Wildman–Crippen MR) is 85.1 cm³/mol. The van der Waals surface area contributed by atoms with Crippen molar-refractivity contribution >= 4 is 5.96 Å². The summed E-state index contributed by atoms with van der Waals surface area (Å²) in [6.07, 6.45) is 2.41. The number of benzene rings is 1. The van der Waals surface area contributed by atoms with Crippen LogP contribution in [0.15, 0.2) is 47.6 Å². The molecule has 0 saturated heterocycles. The highest BCUT2D eigenvalue weighted by atomic mass is 19.1. The number of rotatable bonds is 4. The van der Waals surface area contributed by atoms with Crippen LogP contribution >= 0.6 is 0 Å². The summed E-state index contributed by atoms with van der Waals surface area (Å²) in [4.78, 5) is 8.36. The lowest BCUT2D eigenvalue weighted by atomic mass is 10.1. The van der Waals surface area contributed by atoms with Crippen molar-refractivity contribution in [3.8, 4) is 0 Å². The van der Waals surface area contributed by atoms with E-state index >= 15 is 0 Å². The fourth-order valence-corrected chi connectivity index (χ4v) is 2.59. The Labute approximate surface area is 133 Å². The summed E-state index contributed by atoms with van der Waals surface area (Å²) >= 11 is 0. The molecule has 0 amide bonds. The van der Waals surface area contributed by atoms with Gasteiger partial charge in [-0.25, -0.2) is 8.78 Å². The van der Waals surface area contributed by atoms with E-state index in [1.54, 1.807) is 13.2 Å². The van der Waals surface area contributed by atoms with Gasteiger partial charge >= 0.3 is 0 Å². The molecule has 1 aromatic carbocycles. The van der Waals surface area contributed by atoms with E-state index in [1.165, 1.54) is 18.2 Å². The summed E-state index contributed by atoms with van der Waals surface area (Å²) in [7, 11) is 1.66. The van der Waals surface area contributed by atoms with Crippen LogP contribution in [-0.4, -0.2) is 24.0 Å². The molecule has 1 saturated carbocycles. The molecule has 0 spiro atoms. The average molecular weight is 316 g/mol. The maximum atomic E-state index is 13.8. The zero-order valence-corrected chi connectivity index (χ0v) is 12.8. The van der Waals surface area contributed by atoms with Crippen molar-refractivity contribution in [2.45, 2.75) is 24.9 Å². The van der Waals surface area contributed by atoms with E-state index in [9.17, 15) is 8.78 Å². The van der Waals surface area contributed by atoms with E-state index in [0.29, 0.717) is 18.9 Å². The molecule has 2 atom stereocenters. The van der Waals surface area contributed by atoms with Gasteiger partial charge < -0.3 is 10.6 Å². The molecule has 120 valence electrons. The molecule has 1 aromatic heterocycles. The maximum Gasteiger partial charge on any atom is 0.191 e. The molecule has 1 heterocycles. The van der Waals surface area contributed by atoms with Gasteiger partial charge in [-0.05, 0) is 30.7 Å². The van der Waals surface area contributed by atoms with Crippen LogP contribution in [0.3, 0.4) is 0 Å². The fourth-order valence-electron chi connectivity index (χ4n) is 2.59. The summed E-state index contributed by atoms with van der Waals surface area (Å²) in [5.74, 6) is -0.545. The van der Waals surface area contributed by atoms with Crippen molar-refractivity contribution in [1.82, 2.24) is 15.6 Å². The standard InChI is InChI=1S/C17H18F2N4/c1-20-17(22-10-11-5-2-3-8-21-11)23-15-9-12(15)16-13(18)6-4-7-14(16)19/h2-8,12,15H,9-10H2,1H3,(H2,20,22,23). The lowest BCUT2D eigenvalue weighted by molar-refractivity contribution is 0.553. The van der Waals surface area contributed by atoms with Crippen molar-refractivity contribution in [2.75, 3.05) is 7.05 Å². The number of pyridine rings is 1. The van der Waals surface area contributed by atoms with Crippen molar-refractivity contribution in [3.05, 3.63) is 65.5 Å². The predicted octanol–water partition coefficient (Wildman–Crippen LogP) is 2.58. The molecule has 3 rings (SSSR count). The van der Waals surface area contributed by atoms with Gasteiger partial charge in [-0.2, -0.15) is 0 Å². The van der Waals surface area contributed by atoms with Gasteiger partial charge in [0.15, 0.2) is 5.96 Å². The Hall–Kier alpha value is -2.50. The zero-order valence-electron chi connectivity index (χ0n) is 12.8. The monoisotopic (exact) mass is 316 g/mol. The number of guanidine groups is 1. The van der Waals surface area contributed by atoms with Gasteiger partial charge in [0.25, 0.3) is 0 Å². The number of aliphatic imine (C=N–C) groups is 1. The smallest absolute Gasteiger partial charge is 0.191 e. The van der Waals surface area contributed by atoms with Crippen LogP contribution in [0.1, 0.15) is 23.6 Å². The number of hydrogen-bond acceptors (Lipinski definition) is 2. The normalized spacial score (nSPS) is 20.2. The molecule has 1 fully saturated rings. The van der Waals surface area contributed by atoms with Gasteiger partial charge in [-0.1, -0.05) is 12.1 Å². The minimum absolute atomic E-state index is 0.0173. The van der Waals surface area contributed by atoms with Gasteiger partial charge in [0.1, 0.15) is 11.6 Å². The number of nitrogens with zero attached hydrogens (tertiary/aromatic N) is 2. The van der Waals surface area contributed by atoms with E-state index in [2.05, 4.69) is 20.6 Å². The van der Waals surface area contributed by atoms with E-state index in [4.69, 9.17) is 0 Å². The van der Waals surface area contributed by atoms with Crippen molar-refractivity contribution in [1.29, 1.82) is 0 Å². The van der Waals surface area contributed by atoms with Gasteiger partial charge in [0, 0.05) is 30.8 Å². The molecule has 0 aliphatic heterocycles. The number of nitrogens with one attached hydrogen (secondary N) is 2. The summed E-state index contributed by atoms with van der Waals surface area (Å²) in [5, 5.41) is 6.34. The van der Waals surface area contributed by atoms with E-state index < -0.39 is 11.6 Å². The molecule has 4 nitrogen and oxygen atoms in total. The third kappa shape index (κ3) is 3.64. The van der Waals surface area contributed by atoms with Crippen molar-refractivity contribution in [3.63, 3.8) is 0 Å². The Morgan fingerprint density at radius 2 is 2.00 bits per heavy atom. The molecule has 1 aliphatic carbocycles. The van der Waals surface area contributed by atoms with Crippen LogP contribution in [0.2, 0.25) is 0 Å². The second-order valence-corrected chi connectivity index (χ2v) is 5.48. The Bertz CT molecular complexity index is 683. The topological polar surface area (TPSA) is 49.3 Å². The Morgan fingerprint density at radius 1 is 1.22 bits per heavy atom. The summed E-state index contributed by atoms with van der Waals surface area (Å²) in [6, 6.07) is 9.63. The molecule has 1 aliphatic rings. The minimum Gasteiger partial charge on any atom is -0.353 e.